The Balaban J connectivity index is 1.95. The number of aliphatic hydroxyl groups is 1. The number of aryl methyl sites for hydroxylation is 1. The van der Waals surface area contributed by atoms with Crippen molar-refractivity contribution in [3.8, 4) is 0 Å². The molecule has 4 nitrogen and oxygen atoms in total. The normalized spacial score (nSPS) is 18.3. The number of halogens is 1. The Labute approximate surface area is 177 Å². The van der Waals surface area contributed by atoms with Crippen LogP contribution in [0.1, 0.15) is 22.7 Å². The predicted octanol–water partition coefficient (Wildman–Crippen LogP) is 5.38. The molecular weight excluding hydrogens is 430 g/mol. The van der Waals surface area contributed by atoms with Crippen molar-refractivity contribution in [1.29, 1.82) is 0 Å². The third kappa shape index (κ3) is 3.38. The van der Waals surface area contributed by atoms with Gasteiger partial charge in [-0.05, 0) is 42.3 Å². The second kappa shape index (κ2) is 7.68. The highest BCUT2D eigenvalue weighted by atomic mass is 79.9. The molecule has 0 spiro atoms. The fraction of sp³-hybridized carbons (Fsp3) is 0.0833. The van der Waals surface area contributed by atoms with Gasteiger partial charge in [0.1, 0.15) is 5.76 Å². The number of anilines is 1. The van der Waals surface area contributed by atoms with Crippen LogP contribution in [0.4, 0.5) is 5.69 Å². The average molecular weight is 448 g/mol. The van der Waals surface area contributed by atoms with E-state index in [0.29, 0.717) is 11.3 Å². The van der Waals surface area contributed by atoms with Gasteiger partial charge in [-0.25, -0.2) is 0 Å². The van der Waals surface area contributed by atoms with E-state index in [2.05, 4.69) is 15.9 Å². The molecular formula is C24H18BrNO3. The highest BCUT2D eigenvalue weighted by molar-refractivity contribution is 9.10. The fourth-order valence-corrected chi connectivity index (χ4v) is 3.83. The number of para-hydroxylation sites is 1. The molecule has 1 aliphatic heterocycles. The summed E-state index contributed by atoms with van der Waals surface area (Å²) in [6.45, 7) is 1.90. The number of carbonyl (C=O) groups is 2. The lowest BCUT2D eigenvalue weighted by atomic mass is 9.95. The van der Waals surface area contributed by atoms with E-state index in [1.165, 1.54) is 4.90 Å². The minimum absolute atomic E-state index is 0.0896. The molecule has 1 saturated heterocycles. The Morgan fingerprint density at radius 3 is 2.17 bits per heavy atom. The molecule has 1 unspecified atom stereocenters. The zero-order valence-corrected chi connectivity index (χ0v) is 17.3. The molecule has 144 valence electrons. The highest BCUT2D eigenvalue weighted by Gasteiger charge is 2.46. The van der Waals surface area contributed by atoms with Crippen LogP contribution in [0.15, 0.2) is 88.9 Å². The van der Waals surface area contributed by atoms with Crippen LogP contribution in [0.5, 0.6) is 0 Å². The molecule has 0 aliphatic carbocycles. The first-order valence-corrected chi connectivity index (χ1v) is 9.96. The van der Waals surface area contributed by atoms with Crippen LogP contribution in [0, 0.1) is 6.92 Å². The largest absolute Gasteiger partial charge is 0.507 e. The van der Waals surface area contributed by atoms with E-state index >= 15 is 0 Å². The molecule has 1 amide bonds. The first-order valence-electron chi connectivity index (χ1n) is 9.16. The van der Waals surface area contributed by atoms with Crippen LogP contribution < -0.4 is 4.90 Å². The van der Waals surface area contributed by atoms with Gasteiger partial charge < -0.3 is 5.11 Å². The van der Waals surface area contributed by atoms with Crippen LogP contribution >= 0.6 is 15.9 Å². The maximum absolute atomic E-state index is 13.0. The molecule has 3 aromatic rings. The lowest BCUT2D eigenvalue weighted by Gasteiger charge is -2.25. The first-order chi connectivity index (χ1) is 14.0. The third-order valence-electron chi connectivity index (χ3n) is 5.03. The summed E-state index contributed by atoms with van der Waals surface area (Å²) in [7, 11) is 0. The summed E-state index contributed by atoms with van der Waals surface area (Å²) in [5.74, 6) is -1.52. The number of hydrogen-bond acceptors (Lipinski definition) is 3. The lowest BCUT2D eigenvalue weighted by Crippen LogP contribution is -2.29. The highest BCUT2D eigenvalue weighted by Crippen LogP contribution is 2.42. The number of nitrogens with zero attached hydrogens (tertiary/aromatic N) is 1. The number of benzene rings is 3. The predicted molar refractivity (Wildman–Crippen MR) is 117 cm³/mol. The number of aliphatic hydroxyl groups excluding tert-OH is 1. The Kier molecular flexibility index (Phi) is 5.07. The number of ketones is 1. The van der Waals surface area contributed by atoms with Gasteiger partial charge in [0.2, 0.25) is 0 Å². The average Bonchev–Trinajstić information content (AvgIpc) is 3.01. The molecule has 0 saturated carbocycles. The van der Waals surface area contributed by atoms with Crippen molar-refractivity contribution in [1.82, 2.24) is 0 Å². The van der Waals surface area contributed by atoms with E-state index in [1.807, 2.05) is 61.5 Å². The van der Waals surface area contributed by atoms with Crippen LogP contribution in [-0.2, 0) is 9.59 Å². The fourth-order valence-electron chi connectivity index (χ4n) is 3.59. The maximum atomic E-state index is 13.0. The minimum Gasteiger partial charge on any atom is -0.507 e. The molecule has 0 bridgehead atoms. The summed E-state index contributed by atoms with van der Waals surface area (Å²) in [6, 6.07) is 22.9. The Morgan fingerprint density at radius 1 is 0.931 bits per heavy atom. The van der Waals surface area contributed by atoms with E-state index in [4.69, 9.17) is 0 Å². The van der Waals surface area contributed by atoms with E-state index in [0.717, 1.165) is 15.6 Å². The van der Waals surface area contributed by atoms with E-state index in [-0.39, 0.29) is 11.3 Å². The molecule has 0 radical (unpaired) electrons. The van der Waals surface area contributed by atoms with Gasteiger partial charge >= 0.3 is 0 Å². The molecule has 5 heteroatoms. The van der Waals surface area contributed by atoms with Gasteiger partial charge in [-0.3, -0.25) is 14.5 Å². The topological polar surface area (TPSA) is 57.6 Å². The van der Waals surface area contributed by atoms with Crippen LogP contribution in [0.25, 0.3) is 5.76 Å². The summed E-state index contributed by atoms with van der Waals surface area (Å²) in [5.41, 5.74) is 2.87. The van der Waals surface area contributed by atoms with Crippen molar-refractivity contribution in [3.05, 3.63) is 106 Å². The number of Topliss-reactive ketones (excluding diaryl/α,β-unsaturated/α-hetero) is 1. The quantitative estimate of drug-likeness (QED) is 0.332. The number of hydrogen-bond donors (Lipinski definition) is 1. The second-order valence-electron chi connectivity index (χ2n) is 6.88. The lowest BCUT2D eigenvalue weighted by molar-refractivity contribution is -0.132. The zero-order valence-electron chi connectivity index (χ0n) is 15.7. The second-order valence-corrected chi connectivity index (χ2v) is 7.73. The van der Waals surface area contributed by atoms with Crippen LogP contribution in [0.3, 0.4) is 0 Å². The molecule has 4 rings (SSSR count). The number of carbonyl (C=O) groups excluding carboxylic acids is 2. The van der Waals surface area contributed by atoms with Gasteiger partial charge in [-0.1, -0.05) is 70.5 Å². The summed E-state index contributed by atoms with van der Waals surface area (Å²) < 4.78 is 0.901. The molecule has 29 heavy (non-hydrogen) atoms. The monoisotopic (exact) mass is 447 g/mol. The number of rotatable bonds is 3. The molecule has 1 heterocycles. The molecule has 1 aliphatic rings. The van der Waals surface area contributed by atoms with Gasteiger partial charge in [0.05, 0.1) is 11.6 Å². The maximum Gasteiger partial charge on any atom is 0.300 e. The van der Waals surface area contributed by atoms with Gasteiger partial charge in [-0.15, -0.1) is 0 Å². The van der Waals surface area contributed by atoms with Crippen molar-refractivity contribution in [2.45, 2.75) is 13.0 Å². The SMILES string of the molecule is Cc1cc(/C(O)=C2/C(=O)C(=O)N(c3ccccc3)C2c2ccccc2)ccc1Br. The molecule has 1 atom stereocenters. The van der Waals surface area contributed by atoms with E-state index in [1.54, 1.807) is 24.3 Å². The van der Waals surface area contributed by atoms with Gasteiger partial charge in [0.15, 0.2) is 0 Å². The van der Waals surface area contributed by atoms with Gasteiger partial charge in [0.25, 0.3) is 11.7 Å². The van der Waals surface area contributed by atoms with E-state index in [9.17, 15) is 14.7 Å². The van der Waals surface area contributed by atoms with Gasteiger partial charge in [-0.2, -0.15) is 0 Å². The molecule has 1 fully saturated rings. The molecule has 3 aromatic carbocycles. The van der Waals surface area contributed by atoms with Crippen LogP contribution in [-0.4, -0.2) is 16.8 Å². The summed E-state index contributed by atoms with van der Waals surface area (Å²) >= 11 is 3.45. The van der Waals surface area contributed by atoms with Gasteiger partial charge in [0, 0.05) is 15.7 Å². The van der Waals surface area contributed by atoms with E-state index < -0.39 is 17.7 Å². The van der Waals surface area contributed by atoms with Crippen molar-refractivity contribution in [2.75, 3.05) is 4.90 Å². The zero-order chi connectivity index (χ0) is 20.5. The summed E-state index contributed by atoms with van der Waals surface area (Å²) in [6.07, 6.45) is 0. The van der Waals surface area contributed by atoms with Crippen molar-refractivity contribution in [2.24, 2.45) is 0 Å². The Hall–Kier alpha value is -3.18. The smallest absolute Gasteiger partial charge is 0.300 e. The summed E-state index contributed by atoms with van der Waals surface area (Å²) in [4.78, 5) is 27.5. The number of amides is 1. The van der Waals surface area contributed by atoms with Crippen molar-refractivity contribution in [3.63, 3.8) is 0 Å². The Morgan fingerprint density at radius 2 is 1.55 bits per heavy atom. The Bertz CT molecular complexity index is 1120. The molecule has 1 N–H and O–H groups in total. The van der Waals surface area contributed by atoms with Crippen molar-refractivity contribution < 1.29 is 14.7 Å². The van der Waals surface area contributed by atoms with Crippen LogP contribution in [0.2, 0.25) is 0 Å². The summed E-state index contributed by atoms with van der Waals surface area (Å²) in [5, 5.41) is 11.1. The molecule has 0 aromatic heterocycles. The standard InChI is InChI=1S/C24H18BrNO3/c1-15-14-17(12-13-19(15)25)22(27)20-21(16-8-4-2-5-9-16)26(24(29)23(20)28)18-10-6-3-7-11-18/h2-14,21,27H,1H3/b22-20-. The minimum atomic E-state index is -0.706. The third-order valence-corrected chi connectivity index (χ3v) is 5.92. The van der Waals surface area contributed by atoms with Crippen molar-refractivity contribution >= 4 is 39.1 Å². The first kappa shape index (κ1) is 19.2.